The van der Waals surface area contributed by atoms with E-state index in [1.165, 1.54) is 12.8 Å². The molecule has 1 aliphatic rings. The zero-order chi connectivity index (χ0) is 8.81. The Labute approximate surface area is 75.0 Å². The highest BCUT2D eigenvalue weighted by atomic mass is 16.5. The van der Waals surface area contributed by atoms with Gasteiger partial charge in [0.2, 0.25) is 0 Å². The molecule has 0 amide bonds. The van der Waals surface area contributed by atoms with Crippen LogP contribution < -0.4 is 5.32 Å². The van der Waals surface area contributed by atoms with E-state index in [0.29, 0.717) is 12.1 Å². The largest absolute Gasteiger partial charge is 0.377 e. The molecule has 0 aromatic heterocycles. The fraction of sp³-hybridized carbons (Fsp3) is 0.800. The summed E-state index contributed by atoms with van der Waals surface area (Å²) in [5.41, 5.74) is 0. The highest BCUT2D eigenvalue weighted by Gasteiger charge is 2.07. The van der Waals surface area contributed by atoms with Gasteiger partial charge in [-0.25, -0.2) is 0 Å². The van der Waals surface area contributed by atoms with Crippen molar-refractivity contribution in [2.24, 2.45) is 0 Å². The van der Waals surface area contributed by atoms with Gasteiger partial charge in [-0.05, 0) is 26.7 Å². The molecule has 2 nitrogen and oxygen atoms in total. The summed E-state index contributed by atoms with van der Waals surface area (Å²) in [5.74, 6) is 0. The van der Waals surface area contributed by atoms with E-state index in [1.54, 1.807) is 0 Å². The van der Waals surface area contributed by atoms with Gasteiger partial charge in [0.05, 0.1) is 12.7 Å². The van der Waals surface area contributed by atoms with Crippen LogP contribution in [0, 0.1) is 0 Å². The van der Waals surface area contributed by atoms with E-state index in [2.05, 4.69) is 31.3 Å². The lowest BCUT2D eigenvalue weighted by Crippen LogP contribution is -2.30. The first-order valence-electron chi connectivity index (χ1n) is 4.79. The van der Waals surface area contributed by atoms with E-state index in [-0.39, 0.29) is 0 Å². The second-order valence-corrected chi connectivity index (χ2v) is 3.51. The molecule has 0 fully saturated rings. The highest BCUT2D eigenvalue weighted by molar-refractivity contribution is 4.97. The van der Waals surface area contributed by atoms with Crippen LogP contribution >= 0.6 is 0 Å². The molecule has 1 aliphatic carbocycles. The van der Waals surface area contributed by atoms with Gasteiger partial charge in [0.1, 0.15) is 0 Å². The summed E-state index contributed by atoms with van der Waals surface area (Å²) in [5, 5.41) is 3.45. The molecule has 12 heavy (non-hydrogen) atoms. The SMILES string of the molecule is CC(C)OCCNC1CC=CC1. The van der Waals surface area contributed by atoms with Gasteiger partial charge in [-0.1, -0.05) is 12.2 Å². The molecular formula is C10H19NO. The Kier molecular flexibility index (Phi) is 4.33. The first-order valence-corrected chi connectivity index (χ1v) is 4.79. The maximum absolute atomic E-state index is 5.42. The molecule has 0 bridgehead atoms. The van der Waals surface area contributed by atoms with Crippen LogP contribution in [0.25, 0.3) is 0 Å². The third-order valence-corrected chi connectivity index (χ3v) is 1.99. The molecular weight excluding hydrogens is 150 g/mol. The molecule has 70 valence electrons. The van der Waals surface area contributed by atoms with Gasteiger partial charge in [0, 0.05) is 12.6 Å². The predicted molar refractivity (Wildman–Crippen MR) is 51.3 cm³/mol. The number of nitrogens with one attached hydrogen (secondary N) is 1. The number of ether oxygens (including phenoxy) is 1. The van der Waals surface area contributed by atoms with Crippen LogP contribution in [0.15, 0.2) is 12.2 Å². The molecule has 0 spiro atoms. The van der Waals surface area contributed by atoms with Crippen molar-refractivity contribution in [3.05, 3.63) is 12.2 Å². The van der Waals surface area contributed by atoms with Crippen molar-refractivity contribution >= 4 is 0 Å². The summed E-state index contributed by atoms with van der Waals surface area (Å²) in [6.45, 7) is 5.94. The molecule has 1 N–H and O–H groups in total. The third kappa shape index (κ3) is 3.88. The Morgan fingerprint density at radius 2 is 2.08 bits per heavy atom. The monoisotopic (exact) mass is 169 g/mol. The second kappa shape index (κ2) is 5.33. The van der Waals surface area contributed by atoms with Gasteiger partial charge in [0.15, 0.2) is 0 Å². The Morgan fingerprint density at radius 1 is 1.42 bits per heavy atom. The first kappa shape index (κ1) is 9.75. The van der Waals surface area contributed by atoms with Crippen molar-refractivity contribution in [1.82, 2.24) is 5.32 Å². The summed E-state index contributed by atoms with van der Waals surface area (Å²) in [6, 6.07) is 0.667. The molecule has 0 unspecified atom stereocenters. The lowest BCUT2D eigenvalue weighted by molar-refractivity contribution is 0.0795. The zero-order valence-electron chi connectivity index (χ0n) is 8.05. The molecule has 1 rings (SSSR count). The molecule has 0 aromatic rings. The van der Waals surface area contributed by atoms with Crippen LogP contribution in [-0.4, -0.2) is 25.3 Å². The fourth-order valence-electron chi connectivity index (χ4n) is 1.34. The van der Waals surface area contributed by atoms with E-state index in [4.69, 9.17) is 4.74 Å². The van der Waals surface area contributed by atoms with Crippen LogP contribution in [0.4, 0.5) is 0 Å². The summed E-state index contributed by atoms with van der Waals surface area (Å²) >= 11 is 0. The quantitative estimate of drug-likeness (QED) is 0.500. The van der Waals surface area contributed by atoms with Crippen molar-refractivity contribution in [2.75, 3.05) is 13.2 Å². The summed E-state index contributed by atoms with van der Waals surface area (Å²) in [7, 11) is 0. The summed E-state index contributed by atoms with van der Waals surface area (Å²) in [6.07, 6.45) is 7.19. The Bertz CT molecular complexity index is 135. The van der Waals surface area contributed by atoms with Gasteiger partial charge in [0.25, 0.3) is 0 Å². The second-order valence-electron chi connectivity index (χ2n) is 3.51. The number of hydrogen-bond acceptors (Lipinski definition) is 2. The van der Waals surface area contributed by atoms with Crippen LogP contribution in [0.2, 0.25) is 0 Å². The average Bonchev–Trinajstić information content (AvgIpc) is 2.49. The van der Waals surface area contributed by atoms with Crippen LogP contribution in [0.1, 0.15) is 26.7 Å². The number of hydrogen-bond donors (Lipinski definition) is 1. The molecule has 0 saturated carbocycles. The minimum Gasteiger partial charge on any atom is -0.377 e. The smallest absolute Gasteiger partial charge is 0.0594 e. The van der Waals surface area contributed by atoms with Gasteiger partial charge in [-0.3, -0.25) is 0 Å². The molecule has 2 heteroatoms. The van der Waals surface area contributed by atoms with Gasteiger partial charge in [-0.2, -0.15) is 0 Å². The summed E-state index contributed by atoms with van der Waals surface area (Å²) < 4.78 is 5.42. The molecule has 0 saturated heterocycles. The zero-order valence-corrected chi connectivity index (χ0v) is 8.05. The van der Waals surface area contributed by atoms with Crippen LogP contribution in [0.3, 0.4) is 0 Å². The van der Waals surface area contributed by atoms with Crippen LogP contribution in [-0.2, 0) is 4.74 Å². The first-order chi connectivity index (χ1) is 5.79. The maximum Gasteiger partial charge on any atom is 0.0594 e. The standard InChI is InChI=1S/C10H19NO/c1-9(2)12-8-7-11-10-5-3-4-6-10/h3-4,9-11H,5-8H2,1-2H3. The normalized spacial score (nSPS) is 17.9. The van der Waals surface area contributed by atoms with E-state index >= 15 is 0 Å². The van der Waals surface area contributed by atoms with Crippen molar-refractivity contribution in [3.63, 3.8) is 0 Å². The fourth-order valence-corrected chi connectivity index (χ4v) is 1.34. The van der Waals surface area contributed by atoms with Crippen molar-refractivity contribution in [1.29, 1.82) is 0 Å². The topological polar surface area (TPSA) is 21.3 Å². The lowest BCUT2D eigenvalue weighted by atomic mass is 10.2. The predicted octanol–water partition coefficient (Wildman–Crippen LogP) is 1.72. The van der Waals surface area contributed by atoms with Gasteiger partial charge >= 0.3 is 0 Å². The van der Waals surface area contributed by atoms with Gasteiger partial charge in [-0.15, -0.1) is 0 Å². The Balaban J connectivity index is 1.89. The Morgan fingerprint density at radius 3 is 2.67 bits per heavy atom. The lowest BCUT2D eigenvalue weighted by Gasteiger charge is -2.12. The van der Waals surface area contributed by atoms with E-state index in [9.17, 15) is 0 Å². The van der Waals surface area contributed by atoms with Crippen molar-refractivity contribution < 1.29 is 4.74 Å². The Hall–Kier alpha value is -0.340. The molecule has 0 radical (unpaired) electrons. The minimum atomic E-state index is 0.355. The van der Waals surface area contributed by atoms with Crippen LogP contribution in [0.5, 0.6) is 0 Å². The molecule has 0 heterocycles. The van der Waals surface area contributed by atoms with E-state index in [0.717, 1.165) is 13.2 Å². The molecule has 0 aliphatic heterocycles. The average molecular weight is 169 g/mol. The van der Waals surface area contributed by atoms with E-state index < -0.39 is 0 Å². The van der Waals surface area contributed by atoms with Gasteiger partial charge < -0.3 is 10.1 Å². The molecule has 0 atom stereocenters. The minimum absolute atomic E-state index is 0.355. The van der Waals surface area contributed by atoms with Crippen molar-refractivity contribution in [2.45, 2.75) is 38.8 Å². The number of rotatable bonds is 5. The summed E-state index contributed by atoms with van der Waals surface area (Å²) in [4.78, 5) is 0. The van der Waals surface area contributed by atoms with Crippen molar-refractivity contribution in [3.8, 4) is 0 Å². The van der Waals surface area contributed by atoms with E-state index in [1.807, 2.05) is 0 Å². The third-order valence-electron chi connectivity index (χ3n) is 1.99. The maximum atomic E-state index is 5.42. The highest BCUT2D eigenvalue weighted by Crippen LogP contribution is 2.08. The molecule has 0 aromatic carbocycles.